The molecule has 0 aliphatic carbocycles. The average molecular weight is 398 g/mol. The number of rotatable bonds is 4. The number of nitrogens with zero attached hydrogens (tertiary/aromatic N) is 4. The highest BCUT2D eigenvalue weighted by molar-refractivity contribution is 6.04. The van der Waals surface area contributed by atoms with Crippen LogP contribution in [-0.2, 0) is 7.05 Å². The Morgan fingerprint density at radius 2 is 2.17 bits per heavy atom. The van der Waals surface area contributed by atoms with E-state index < -0.39 is 5.91 Å². The Labute approximate surface area is 166 Å². The number of hydrogen-bond donors (Lipinski definition) is 3. The van der Waals surface area contributed by atoms with Gasteiger partial charge < -0.3 is 20.1 Å². The van der Waals surface area contributed by atoms with Crippen LogP contribution >= 0.6 is 0 Å². The molecule has 10 nitrogen and oxygen atoms in total. The van der Waals surface area contributed by atoms with Gasteiger partial charge in [-0.25, -0.2) is 4.98 Å². The quantitative estimate of drug-likeness (QED) is 0.602. The Hall–Kier alpha value is -3.40. The van der Waals surface area contributed by atoms with Gasteiger partial charge in [-0.2, -0.15) is 5.10 Å². The summed E-state index contributed by atoms with van der Waals surface area (Å²) < 4.78 is 9.08. The van der Waals surface area contributed by atoms with Gasteiger partial charge >= 0.3 is 0 Å². The predicted octanol–water partition coefficient (Wildman–Crippen LogP) is 1.14. The minimum atomic E-state index is -0.599. The number of hydrogen-bond acceptors (Lipinski definition) is 6. The molecule has 0 fully saturated rings. The number of amides is 2. The van der Waals surface area contributed by atoms with Crippen molar-refractivity contribution in [3.63, 3.8) is 0 Å². The Balaban J connectivity index is 1.87. The van der Waals surface area contributed by atoms with E-state index >= 15 is 0 Å². The highest BCUT2D eigenvalue weighted by Gasteiger charge is 2.26. The molecule has 0 spiro atoms. The topological polar surface area (TPSA) is 137 Å². The van der Waals surface area contributed by atoms with E-state index in [4.69, 9.17) is 10.5 Å². The maximum absolute atomic E-state index is 12.8. The van der Waals surface area contributed by atoms with Gasteiger partial charge in [0.15, 0.2) is 0 Å². The fourth-order valence-corrected chi connectivity index (χ4v) is 3.68. The van der Waals surface area contributed by atoms with Crippen LogP contribution in [0.2, 0.25) is 0 Å². The van der Waals surface area contributed by atoms with Crippen molar-refractivity contribution in [1.29, 1.82) is 0 Å². The van der Waals surface area contributed by atoms with Gasteiger partial charge in [0.2, 0.25) is 11.9 Å². The lowest BCUT2D eigenvalue weighted by molar-refractivity contribution is 0.0996. The lowest BCUT2D eigenvalue weighted by Gasteiger charge is -2.23. The van der Waals surface area contributed by atoms with E-state index in [1.807, 2.05) is 0 Å². The van der Waals surface area contributed by atoms with E-state index in [2.05, 4.69) is 15.4 Å². The number of carbonyl (C=O) groups excluding carboxylic acids is 2. The van der Waals surface area contributed by atoms with Crippen molar-refractivity contribution < 1.29 is 19.4 Å². The number of aryl methyl sites for hydroxylation is 2. The first-order chi connectivity index (χ1) is 13.9. The van der Waals surface area contributed by atoms with Gasteiger partial charge in [-0.05, 0) is 38.0 Å². The van der Waals surface area contributed by atoms with Crippen molar-refractivity contribution in [3.05, 3.63) is 35.2 Å². The number of carbonyl (C=O) groups is 2. The molecule has 1 atom stereocenters. The Morgan fingerprint density at radius 1 is 1.38 bits per heavy atom. The molecule has 3 heterocycles. The number of anilines is 1. The maximum atomic E-state index is 12.8. The molecule has 1 aromatic carbocycles. The zero-order valence-electron chi connectivity index (χ0n) is 16.2. The highest BCUT2D eigenvalue weighted by Crippen LogP contribution is 2.36. The van der Waals surface area contributed by atoms with Gasteiger partial charge in [-0.15, -0.1) is 0 Å². The van der Waals surface area contributed by atoms with Crippen molar-refractivity contribution in [2.75, 3.05) is 18.5 Å². The number of aliphatic hydroxyl groups excluding tert-OH is 1. The molecule has 4 N–H and O–H groups in total. The minimum absolute atomic E-state index is 0.129. The summed E-state index contributed by atoms with van der Waals surface area (Å²) in [5.74, 6) is -0.274. The fourth-order valence-electron chi connectivity index (χ4n) is 3.68. The van der Waals surface area contributed by atoms with Crippen molar-refractivity contribution in [2.45, 2.75) is 25.8 Å². The van der Waals surface area contributed by atoms with Crippen LogP contribution in [0.25, 0.3) is 11.0 Å². The van der Waals surface area contributed by atoms with Crippen LogP contribution in [-0.4, -0.2) is 49.5 Å². The van der Waals surface area contributed by atoms with Gasteiger partial charge in [0.1, 0.15) is 17.0 Å². The number of imidazole rings is 1. The molecule has 4 rings (SSSR count). The fraction of sp³-hybridized carbons (Fsp3) is 0.368. The molecule has 10 heteroatoms. The average Bonchev–Trinajstić information content (AvgIpc) is 3.18. The Kier molecular flexibility index (Phi) is 4.71. The van der Waals surface area contributed by atoms with Crippen LogP contribution in [0, 0.1) is 6.92 Å². The number of nitrogens with one attached hydrogen (secondary N) is 1. The third-order valence-electron chi connectivity index (χ3n) is 5.01. The van der Waals surface area contributed by atoms with Crippen molar-refractivity contribution in [3.8, 4) is 5.75 Å². The first kappa shape index (κ1) is 18.9. The summed E-state index contributed by atoms with van der Waals surface area (Å²) in [5, 5.41) is 17.0. The number of nitrogens with two attached hydrogens (primary N) is 1. The second-order valence-electron chi connectivity index (χ2n) is 7.09. The minimum Gasteiger partial charge on any atom is -0.491 e. The molecule has 1 aliphatic heterocycles. The molecule has 152 valence electrons. The summed E-state index contributed by atoms with van der Waals surface area (Å²) in [6.07, 6.45) is 1.34. The normalized spacial score (nSPS) is 16.2. The molecule has 0 saturated carbocycles. The zero-order chi connectivity index (χ0) is 20.7. The highest BCUT2D eigenvalue weighted by atomic mass is 16.5. The standard InChI is InChI=1S/C19H22N6O4/c1-10-6-14(24(2)23-10)18(28)22-19-21-13-7-11(17(20)27)8-15-16(13)25(19)12(9-26)4-3-5-29-15/h6-8,12,26H,3-5,9H2,1-2H3,(H2,20,27)(H,21,22,28). The zero-order valence-corrected chi connectivity index (χ0v) is 16.2. The van der Waals surface area contributed by atoms with E-state index in [0.29, 0.717) is 41.9 Å². The van der Waals surface area contributed by atoms with Crippen molar-refractivity contribution >= 4 is 28.8 Å². The van der Waals surface area contributed by atoms with E-state index in [1.165, 1.54) is 4.68 Å². The molecule has 0 bridgehead atoms. The molecule has 1 unspecified atom stereocenters. The first-order valence-electron chi connectivity index (χ1n) is 9.30. The summed E-state index contributed by atoms with van der Waals surface area (Å²) in [6, 6.07) is 4.50. The van der Waals surface area contributed by atoms with Crippen LogP contribution in [0.15, 0.2) is 18.2 Å². The van der Waals surface area contributed by atoms with E-state index in [9.17, 15) is 14.7 Å². The van der Waals surface area contributed by atoms with Crippen molar-refractivity contribution in [1.82, 2.24) is 19.3 Å². The number of aliphatic hydroxyl groups is 1. The van der Waals surface area contributed by atoms with Gasteiger partial charge in [-0.3, -0.25) is 19.6 Å². The predicted molar refractivity (Wildman–Crippen MR) is 105 cm³/mol. The van der Waals surface area contributed by atoms with Gasteiger partial charge in [0, 0.05) is 12.6 Å². The van der Waals surface area contributed by atoms with Gasteiger partial charge in [-0.1, -0.05) is 0 Å². The number of ether oxygens (including phenoxy) is 1. The Bertz CT molecular complexity index is 1120. The third-order valence-corrected chi connectivity index (χ3v) is 5.01. The summed E-state index contributed by atoms with van der Waals surface area (Å²) >= 11 is 0. The SMILES string of the molecule is Cc1cc(C(=O)Nc2nc3cc(C(N)=O)cc4c3n2C(CO)CCCO4)n(C)n1. The number of aromatic nitrogens is 4. The molecule has 29 heavy (non-hydrogen) atoms. The second-order valence-corrected chi connectivity index (χ2v) is 7.09. The van der Waals surface area contributed by atoms with E-state index in [1.54, 1.807) is 36.7 Å². The third kappa shape index (κ3) is 3.31. The summed E-state index contributed by atoms with van der Waals surface area (Å²) in [4.78, 5) is 29.1. The van der Waals surface area contributed by atoms with Gasteiger partial charge in [0.05, 0.1) is 30.5 Å². The van der Waals surface area contributed by atoms with Crippen LogP contribution in [0.1, 0.15) is 45.4 Å². The lowest BCUT2D eigenvalue weighted by Crippen LogP contribution is -2.23. The van der Waals surface area contributed by atoms with Crippen LogP contribution in [0.3, 0.4) is 0 Å². The lowest BCUT2D eigenvalue weighted by atomic mass is 10.1. The molecule has 0 radical (unpaired) electrons. The second kappa shape index (κ2) is 7.21. The van der Waals surface area contributed by atoms with Crippen molar-refractivity contribution in [2.24, 2.45) is 12.8 Å². The molecule has 2 aromatic heterocycles. The van der Waals surface area contributed by atoms with Crippen LogP contribution < -0.4 is 15.8 Å². The molecule has 1 aliphatic rings. The van der Waals surface area contributed by atoms with Crippen LogP contribution in [0.5, 0.6) is 5.75 Å². The maximum Gasteiger partial charge on any atom is 0.276 e. The van der Waals surface area contributed by atoms with Gasteiger partial charge in [0.25, 0.3) is 5.91 Å². The summed E-state index contributed by atoms with van der Waals surface area (Å²) in [6.45, 7) is 2.11. The Morgan fingerprint density at radius 3 is 2.83 bits per heavy atom. The largest absolute Gasteiger partial charge is 0.491 e. The van der Waals surface area contributed by atoms with Crippen LogP contribution in [0.4, 0.5) is 5.95 Å². The molecule has 3 aromatic rings. The molecular weight excluding hydrogens is 376 g/mol. The molecule has 2 amide bonds. The number of benzene rings is 1. The van der Waals surface area contributed by atoms with E-state index in [0.717, 1.165) is 5.69 Å². The monoisotopic (exact) mass is 398 g/mol. The molecular formula is C19H22N6O4. The number of primary amides is 1. The smallest absolute Gasteiger partial charge is 0.276 e. The summed E-state index contributed by atoms with van der Waals surface area (Å²) in [7, 11) is 1.69. The first-order valence-corrected chi connectivity index (χ1v) is 9.30. The van der Waals surface area contributed by atoms with E-state index in [-0.39, 0.29) is 30.1 Å². The summed E-state index contributed by atoms with van der Waals surface area (Å²) in [5.41, 5.74) is 7.85. The molecule has 0 saturated heterocycles.